The van der Waals surface area contributed by atoms with Gasteiger partial charge >= 0.3 is 0 Å². The predicted octanol–water partition coefficient (Wildman–Crippen LogP) is 2.57. The molecular weight excluding hydrogens is 298 g/mol. The number of aliphatic hydroxyl groups excluding tert-OH is 1. The van der Waals surface area contributed by atoms with Crippen LogP contribution in [0.3, 0.4) is 0 Å². The summed E-state index contributed by atoms with van der Waals surface area (Å²) in [5.74, 6) is 0. The zero-order valence-electron chi connectivity index (χ0n) is 15.2. The van der Waals surface area contributed by atoms with Gasteiger partial charge in [0.15, 0.2) is 0 Å². The molecule has 2 saturated heterocycles. The van der Waals surface area contributed by atoms with Crippen LogP contribution in [0.1, 0.15) is 37.7 Å². The van der Waals surface area contributed by atoms with E-state index in [1.807, 2.05) is 0 Å². The summed E-state index contributed by atoms with van der Waals surface area (Å²) in [4.78, 5) is 7.39. The van der Waals surface area contributed by atoms with E-state index in [9.17, 15) is 5.11 Å². The molecule has 1 N–H and O–H groups in total. The lowest BCUT2D eigenvalue weighted by molar-refractivity contribution is 0.0941. The van der Waals surface area contributed by atoms with E-state index in [0.29, 0.717) is 6.04 Å². The summed E-state index contributed by atoms with van der Waals surface area (Å²) >= 11 is 0. The van der Waals surface area contributed by atoms with Crippen LogP contribution in [0, 0.1) is 0 Å². The van der Waals surface area contributed by atoms with Crippen LogP contribution in [0.2, 0.25) is 0 Å². The van der Waals surface area contributed by atoms with Crippen molar-refractivity contribution in [3.63, 3.8) is 0 Å². The molecule has 1 aromatic carbocycles. The minimum Gasteiger partial charge on any atom is -0.395 e. The first-order valence-electron chi connectivity index (χ1n) is 9.63. The summed E-state index contributed by atoms with van der Waals surface area (Å²) < 4.78 is 0. The lowest BCUT2D eigenvalue weighted by atomic mass is 10.0. The molecule has 0 amide bonds. The number of benzene rings is 1. The van der Waals surface area contributed by atoms with Crippen molar-refractivity contribution >= 4 is 5.69 Å². The Morgan fingerprint density at radius 2 is 1.67 bits per heavy atom. The van der Waals surface area contributed by atoms with E-state index < -0.39 is 0 Å². The van der Waals surface area contributed by atoms with Crippen LogP contribution < -0.4 is 4.90 Å². The zero-order valence-corrected chi connectivity index (χ0v) is 15.2. The smallest absolute Gasteiger partial charge is 0.0558 e. The Bertz CT molecular complexity index is 476. The van der Waals surface area contributed by atoms with Gasteiger partial charge in [0.25, 0.3) is 0 Å². The molecule has 0 spiro atoms. The maximum absolute atomic E-state index is 9.45. The second-order valence-electron chi connectivity index (χ2n) is 7.44. The molecule has 0 radical (unpaired) electrons. The van der Waals surface area contributed by atoms with E-state index in [0.717, 1.165) is 13.1 Å². The fourth-order valence-corrected chi connectivity index (χ4v) is 4.08. The van der Waals surface area contributed by atoms with Gasteiger partial charge in [0.2, 0.25) is 0 Å². The van der Waals surface area contributed by atoms with Crippen molar-refractivity contribution in [3.8, 4) is 0 Å². The molecule has 0 aromatic heterocycles. The number of rotatable bonds is 6. The maximum Gasteiger partial charge on any atom is 0.0558 e. The van der Waals surface area contributed by atoms with Crippen LogP contribution in [0.5, 0.6) is 0 Å². The van der Waals surface area contributed by atoms with Gasteiger partial charge in [-0.15, -0.1) is 0 Å². The van der Waals surface area contributed by atoms with Crippen molar-refractivity contribution in [1.29, 1.82) is 0 Å². The first-order chi connectivity index (χ1) is 11.8. The molecule has 3 rings (SSSR count). The van der Waals surface area contributed by atoms with Crippen LogP contribution in [0.4, 0.5) is 5.69 Å². The summed E-state index contributed by atoms with van der Waals surface area (Å²) in [6, 6.07) is 9.74. The van der Waals surface area contributed by atoms with Crippen LogP contribution in [-0.2, 0) is 6.54 Å². The monoisotopic (exact) mass is 331 g/mol. The predicted molar refractivity (Wildman–Crippen MR) is 101 cm³/mol. The van der Waals surface area contributed by atoms with Crippen LogP contribution in [0.15, 0.2) is 24.3 Å². The van der Waals surface area contributed by atoms with Crippen molar-refractivity contribution < 1.29 is 5.11 Å². The van der Waals surface area contributed by atoms with E-state index >= 15 is 0 Å². The van der Waals surface area contributed by atoms with Crippen molar-refractivity contribution in [2.45, 2.75) is 44.7 Å². The summed E-state index contributed by atoms with van der Waals surface area (Å²) in [5.41, 5.74) is 2.73. The van der Waals surface area contributed by atoms with Gasteiger partial charge in [0, 0.05) is 37.9 Å². The number of aliphatic hydroxyl groups is 1. The summed E-state index contributed by atoms with van der Waals surface area (Å²) in [6.45, 7) is 6.72. The Labute approximate surface area is 147 Å². The average Bonchev–Trinajstić information content (AvgIpc) is 2.63. The Morgan fingerprint density at radius 3 is 2.29 bits per heavy atom. The molecule has 0 saturated carbocycles. The molecule has 0 unspecified atom stereocenters. The van der Waals surface area contributed by atoms with Crippen molar-refractivity contribution in [1.82, 2.24) is 9.80 Å². The van der Waals surface area contributed by atoms with Gasteiger partial charge in [-0.2, -0.15) is 0 Å². The molecule has 24 heavy (non-hydrogen) atoms. The average molecular weight is 332 g/mol. The van der Waals surface area contributed by atoms with Crippen LogP contribution in [0.25, 0.3) is 0 Å². The lowest BCUT2D eigenvalue weighted by Gasteiger charge is -2.37. The zero-order chi connectivity index (χ0) is 16.8. The van der Waals surface area contributed by atoms with Gasteiger partial charge in [0.05, 0.1) is 6.61 Å². The lowest BCUT2D eigenvalue weighted by Crippen LogP contribution is -2.44. The molecule has 134 valence electrons. The van der Waals surface area contributed by atoms with Crippen molar-refractivity contribution in [2.24, 2.45) is 0 Å². The van der Waals surface area contributed by atoms with Crippen LogP contribution >= 0.6 is 0 Å². The van der Waals surface area contributed by atoms with E-state index in [-0.39, 0.29) is 6.61 Å². The molecule has 2 aliphatic rings. The topological polar surface area (TPSA) is 30.0 Å². The molecule has 4 heteroatoms. The Hall–Kier alpha value is -1.10. The highest BCUT2D eigenvalue weighted by molar-refractivity contribution is 5.47. The van der Waals surface area contributed by atoms with Gasteiger partial charge in [-0.05, 0) is 69.9 Å². The minimum atomic E-state index is 0.248. The summed E-state index contributed by atoms with van der Waals surface area (Å²) in [5, 5.41) is 9.45. The second-order valence-corrected chi connectivity index (χ2v) is 7.44. The van der Waals surface area contributed by atoms with E-state index in [2.05, 4.69) is 46.0 Å². The third-order valence-electron chi connectivity index (χ3n) is 5.63. The van der Waals surface area contributed by atoms with E-state index in [1.165, 1.54) is 69.5 Å². The normalized spacial score (nSPS) is 20.7. The molecule has 2 aliphatic heterocycles. The quantitative estimate of drug-likeness (QED) is 0.868. The third kappa shape index (κ3) is 4.71. The minimum absolute atomic E-state index is 0.248. The van der Waals surface area contributed by atoms with Gasteiger partial charge < -0.3 is 14.9 Å². The molecule has 0 aliphatic carbocycles. The first kappa shape index (κ1) is 17.7. The molecule has 0 bridgehead atoms. The number of likely N-dealkylation sites (tertiary alicyclic amines) is 1. The molecule has 2 fully saturated rings. The number of piperidine rings is 2. The van der Waals surface area contributed by atoms with Gasteiger partial charge in [-0.1, -0.05) is 12.1 Å². The summed E-state index contributed by atoms with van der Waals surface area (Å²) in [7, 11) is 2.20. The highest BCUT2D eigenvalue weighted by Crippen LogP contribution is 2.22. The Morgan fingerprint density at radius 1 is 1.00 bits per heavy atom. The third-order valence-corrected chi connectivity index (χ3v) is 5.63. The van der Waals surface area contributed by atoms with Crippen molar-refractivity contribution in [3.05, 3.63) is 29.8 Å². The number of hydrogen-bond acceptors (Lipinski definition) is 4. The number of hydrogen-bond donors (Lipinski definition) is 1. The standard InChI is InChI=1S/C20H33N3O/c1-21-13-9-20(10-14-21)23(15-16-24)17-18-5-7-19(8-6-18)22-11-3-2-4-12-22/h5-8,20,24H,2-4,9-17H2,1H3. The number of anilines is 1. The van der Waals surface area contributed by atoms with E-state index in [1.54, 1.807) is 0 Å². The Balaban J connectivity index is 1.59. The van der Waals surface area contributed by atoms with Gasteiger partial charge in [-0.25, -0.2) is 0 Å². The fourth-order valence-electron chi connectivity index (χ4n) is 4.08. The highest BCUT2D eigenvalue weighted by Gasteiger charge is 2.23. The molecule has 4 nitrogen and oxygen atoms in total. The van der Waals surface area contributed by atoms with Crippen molar-refractivity contribution in [2.75, 3.05) is 51.3 Å². The fraction of sp³-hybridized carbons (Fsp3) is 0.700. The highest BCUT2D eigenvalue weighted by atomic mass is 16.3. The first-order valence-corrected chi connectivity index (χ1v) is 9.63. The molecule has 1 aromatic rings. The maximum atomic E-state index is 9.45. The second kappa shape index (κ2) is 8.84. The SMILES string of the molecule is CN1CCC(N(CCO)Cc2ccc(N3CCCCC3)cc2)CC1. The van der Waals surface area contributed by atoms with Gasteiger partial charge in [-0.3, -0.25) is 4.90 Å². The largest absolute Gasteiger partial charge is 0.395 e. The van der Waals surface area contributed by atoms with Crippen LogP contribution in [-0.4, -0.2) is 67.3 Å². The number of nitrogens with zero attached hydrogens (tertiary/aromatic N) is 3. The molecule has 2 heterocycles. The molecular formula is C20H33N3O. The molecule has 0 atom stereocenters. The Kier molecular flexibility index (Phi) is 6.52. The summed E-state index contributed by atoms with van der Waals surface area (Å²) in [6.07, 6.45) is 6.44. The van der Waals surface area contributed by atoms with E-state index in [4.69, 9.17) is 0 Å². The van der Waals surface area contributed by atoms with Gasteiger partial charge in [0.1, 0.15) is 0 Å².